The van der Waals surface area contributed by atoms with Crippen molar-refractivity contribution in [3.05, 3.63) is 60.4 Å². The van der Waals surface area contributed by atoms with Crippen molar-refractivity contribution in [1.82, 2.24) is 20.4 Å². The fourth-order valence-electron chi connectivity index (χ4n) is 4.60. The summed E-state index contributed by atoms with van der Waals surface area (Å²) >= 11 is 0. The summed E-state index contributed by atoms with van der Waals surface area (Å²) < 4.78 is 0. The SMILES string of the molecule is c1ccc(N2CCC3NNc4nc(N5CCN(c6ccncc6)CC5)nc2c43)cc1. The van der Waals surface area contributed by atoms with Gasteiger partial charge in [-0.25, -0.2) is 5.43 Å². The van der Waals surface area contributed by atoms with E-state index in [1.165, 1.54) is 16.9 Å². The van der Waals surface area contributed by atoms with Crippen molar-refractivity contribution in [3.63, 3.8) is 0 Å². The predicted molar refractivity (Wildman–Crippen MR) is 118 cm³/mol. The van der Waals surface area contributed by atoms with Crippen LogP contribution in [0.25, 0.3) is 0 Å². The van der Waals surface area contributed by atoms with E-state index in [0.717, 1.165) is 56.7 Å². The van der Waals surface area contributed by atoms with E-state index in [-0.39, 0.29) is 6.04 Å². The first kappa shape index (κ1) is 17.5. The Bertz CT molecular complexity index is 1030. The quantitative estimate of drug-likeness (QED) is 0.695. The van der Waals surface area contributed by atoms with Gasteiger partial charge in [0, 0.05) is 56.5 Å². The molecule has 0 saturated carbocycles. The van der Waals surface area contributed by atoms with Gasteiger partial charge in [-0.3, -0.25) is 4.98 Å². The van der Waals surface area contributed by atoms with Gasteiger partial charge in [-0.1, -0.05) is 18.2 Å². The largest absolute Gasteiger partial charge is 0.368 e. The number of piperazine rings is 1. The minimum absolute atomic E-state index is 0.271. The predicted octanol–water partition coefficient (Wildman–Crippen LogP) is 2.71. The molecular weight excluding hydrogens is 376 g/mol. The third kappa shape index (κ3) is 2.91. The molecule has 0 amide bonds. The lowest BCUT2D eigenvalue weighted by atomic mass is 10.0. The summed E-state index contributed by atoms with van der Waals surface area (Å²) in [4.78, 5) is 21.1. The van der Waals surface area contributed by atoms with Gasteiger partial charge < -0.3 is 20.1 Å². The van der Waals surface area contributed by atoms with E-state index in [0.29, 0.717) is 0 Å². The van der Waals surface area contributed by atoms with Crippen LogP contribution in [0.2, 0.25) is 0 Å². The molecule has 3 aliphatic heterocycles. The Hall–Kier alpha value is -3.39. The number of hydrogen-bond donors (Lipinski definition) is 2. The molecule has 0 spiro atoms. The first-order chi connectivity index (χ1) is 14.9. The summed E-state index contributed by atoms with van der Waals surface area (Å²) in [7, 11) is 0. The molecule has 3 aliphatic rings. The molecule has 2 N–H and O–H groups in total. The third-order valence-electron chi connectivity index (χ3n) is 6.18. The molecule has 8 heteroatoms. The highest BCUT2D eigenvalue weighted by Gasteiger charge is 2.36. The van der Waals surface area contributed by atoms with E-state index in [1.807, 2.05) is 12.4 Å². The van der Waals surface area contributed by atoms with Crippen LogP contribution in [0.3, 0.4) is 0 Å². The summed E-state index contributed by atoms with van der Waals surface area (Å²) in [6.45, 7) is 4.60. The number of aromatic nitrogens is 3. The molecule has 152 valence electrons. The van der Waals surface area contributed by atoms with Crippen LogP contribution in [0.4, 0.5) is 29.0 Å². The van der Waals surface area contributed by atoms with Crippen molar-refractivity contribution in [1.29, 1.82) is 0 Å². The highest BCUT2D eigenvalue weighted by atomic mass is 15.5. The second kappa shape index (κ2) is 7.14. The third-order valence-corrected chi connectivity index (χ3v) is 6.18. The molecule has 1 atom stereocenters. The lowest BCUT2D eigenvalue weighted by Gasteiger charge is -2.37. The smallest absolute Gasteiger partial charge is 0.229 e. The van der Waals surface area contributed by atoms with Crippen LogP contribution in [0.5, 0.6) is 0 Å². The first-order valence-corrected chi connectivity index (χ1v) is 10.5. The molecule has 3 aromatic rings. The van der Waals surface area contributed by atoms with E-state index in [1.54, 1.807) is 0 Å². The molecule has 8 nitrogen and oxygen atoms in total. The normalized spacial score (nSPS) is 20.1. The van der Waals surface area contributed by atoms with Gasteiger partial charge in [-0.05, 0) is 30.7 Å². The maximum absolute atomic E-state index is 5.08. The number of hydrazine groups is 1. The van der Waals surface area contributed by atoms with E-state index in [9.17, 15) is 0 Å². The zero-order valence-electron chi connectivity index (χ0n) is 16.7. The Kier molecular flexibility index (Phi) is 4.16. The Morgan fingerprint density at radius 2 is 1.57 bits per heavy atom. The van der Waals surface area contributed by atoms with Gasteiger partial charge in [0.25, 0.3) is 0 Å². The van der Waals surface area contributed by atoms with E-state index in [4.69, 9.17) is 9.97 Å². The maximum Gasteiger partial charge on any atom is 0.229 e. The van der Waals surface area contributed by atoms with Crippen LogP contribution in [0.15, 0.2) is 54.9 Å². The van der Waals surface area contributed by atoms with E-state index < -0.39 is 0 Å². The van der Waals surface area contributed by atoms with Crippen molar-refractivity contribution in [3.8, 4) is 0 Å². The number of para-hydroxylation sites is 1. The molecule has 1 fully saturated rings. The topological polar surface area (TPSA) is 72.5 Å². The number of anilines is 5. The van der Waals surface area contributed by atoms with Gasteiger partial charge in [0.1, 0.15) is 5.82 Å². The number of rotatable bonds is 3. The molecule has 30 heavy (non-hydrogen) atoms. The number of hydrogen-bond acceptors (Lipinski definition) is 8. The van der Waals surface area contributed by atoms with Gasteiger partial charge in [0.2, 0.25) is 5.95 Å². The zero-order chi connectivity index (χ0) is 19.9. The second-order valence-electron chi connectivity index (χ2n) is 7.89. The van der Waals surface area contributed by atoms with Gasteiger partial charge >= 0.3 is 0 Å². The molecule has 0 radical (unpaired) electrons. The molecule has 6 rings (SSSR count). The average Bonchev–Trinajstić information content (AvgIpc) is 3.25. The van der Waals surface area contributed by atoms with Gasteiger partial charge in [0.15, 0.2) is 5.82 Å². The fourth-order valence-corrected chi connectivity index (χ4v) is 4.60. The molecule has 1 saturated heterocycles. The summed E-state index contributed by atoms with van der Waals surface area (Å²) in [5.41, 5.74) is 10.3. The van der Waals surface area contributed by atoms with Crippen molar-refractivity contribution in [2.45, 2.75) is 12.5 Å². The van der Waals surface area contributed by atoms with Crippen LogP contribution in [-0.4, -0.2) is 47.7 Å². The van der Waals surface area contributed by atoms with Crippen molar-refractivity contribution in [2.24, 2.45) is 0 Å². The minimum atomic E-state index is 0.271. The molecule has 5 heterocycles. The lowest BCUT2D eigenvalue weighted by molar-refractivity contribution is 0.555. The van der Waals surface area contributed by atoms with E-state index in [2.05, 4.69) is 73.0 Å². The van der Waals surface area contributed by atoms with Crippen LogP contribution in [-0.2, 0) is 0 Å². The Labute approximate surface area is 175 Å². The first-order valence-electron chi connectivity index (χ1n) is 10.5. The summed E-state index contributed by atoms with van der Waals surface area (Å²) in [6, 6.07) is 14.9. The number of benzene rings is 1. The van der Waals surface area contributed by atoms with Crippen molar-refractivity contribution in [2.75, 3.05) is 52.8 Å². The van der Waals surface area contributed by atoms with Gasteiger partial charge in [0.05, 0.1) is 11.6 Å². The van der Waals surface area contributed by atoms with Crippen LogP contribution < -0.4 is 25.6 Å². The zero-order valence-corrected chi connectivity index (χ0v) is 16.7. The van der Waals surface area contributed by atoms with Crippen molar-refractivity contribution >= 4 is 29.0 Å². The molecule has 2 aromatic heterocycles. The Balaban J connectivity index is 1.30. The van der Waals surface area contributed by atoms with E-state index >= 15 is 0 Å². The summed E-state index contributed by atoms with van der Waals surface area (Å²) in [5, 5.41) is 0. The van der Waals surface area contributed by atoms with Crippen LogP contribution in [0.1, 0.15) is 18.0 Å². The van der Waals surface area contributed by atoms with Crippen LogP contribution >= 0.6 is 0 Å². The molecule has 1 unspecified atom stereocenters. The van der Waals surface area contributed by atoms with Crippen molar-refractivity contribution < 1.29 is 0 Å². The summed E-state index contributed by atoms with van der Waals surface area (Å²) in [5.74, 6) is 2.74. The molecular formula is C22H24N8. The lowest BCUT2D eigenvalue weighted by Crippen LogP contribution is -2.47. The maximum atomic E-state index is 5.08. The highest BCUT2D eigenvalue weighted by molar-refractivity contribution is 5.73. The second-order valence-corrected chi connectivity index (χ2v) is 7.89. The monoisotopic (exact) mass is 400 g/mol. The number of pyridine rings is 1. The molecule has 0 bridgehead atoms. The molecule has 0 aliphatic carbocycles. The average molecular weight is 400 g/mol. The number of nitrogens with one attached hydrogen (secondary N) is 2. The summed E-state index contributed by atoms with van der Waals surface area (Å²) in [6.07, 6.45) is 4.72. The number of nitrogens with zero attached hydrogens (tertiary/aromatic N) is 6. The van der Waals surface area contributed by atoms with Gasteiger partial charge in [-0.15, -0.1) is 0 Å². The highest BCUT2D eigenvalue weighted by Crippen LogP contribution is 2.43. The fraction of sp³-hybridized carbons (Fsp3) is 0.318. The van der Waals surface area contributed by atoms with Gasteiger partial charge in [-0.2, -0.15) is 9.97 Å². The standard InChI is InChI=1S/C22H24N8/c1-2-4-17(5-3-1)30-11-8-18-19-20(27-26-18)24-22(25-21(19)30)29-14-12-28(13-15-29)16-6-9-23-10-7-16/h1-7,9-10,18,26H,8,11-15H2,(H,24,25,27). The molecule has 1 aromatic carbocycles. The Morgan fingerprint density at radius 3 is 2.37 bits per heavy atom. The van der Waals surface area contributed by atoms with Crippen LogP contribution in [0, 0.1) is 0 Å². The minimum Gasteiger partial charge on any atom is -0.368 e. The Morgan fingerprint density at radius 1 is 0.800 bits per heavy atom.